The van der Waals surface area contributed by atoms with E-state index in [0.717, 1.165) is 12.3 Å². The molecule has 0 bridgehead atoms. The van der Waals surface area contributed by atoms with E-state index in [1.807, 2.05) is 14.1 Å². The summed E-state index contributed by atoms with van der Waals surface area (Å²) in [7, 11) is 5.83. The molecule has 0 amide bonds. The Balaban J connectivity index is 2.66. The zero-order chi connectivity index (χ0) is 12.8. The van der Waals surface area contributed by atoms with Gasteiger partial charge >= 0.3 is 0 Å². The minimum atomic E-state index is 0.352. The second-order valence-corrected chi connectivity index (χ2v) is 4.89. The molecule has 3 nitrogen and oxygen atoms in total. The van der Waals surface area contributed by atoms with Gasteiger partial charge in [-0.15, -0.1) is 0 Å². The monoisotopic (exact) mass is 236 g/mol. The number of anilines is 2. The number of nitrogens with one attached hydrogen (secondary N) is 1. The Morgan fingerprint density at radius 1 is 1.18 bits per heavy atom. The fourth-order valence-electron chi connectivity index (χ4n) is 1.65. The Bertz CT molecular complexity index is 319. The van der Waals surface area contributed by atoms with Crippen LogP contribution >= 0.6 is 0 Å². The highest BCUT2D eigenvalue weighted by Crippen LogP contribution is 2.18. The summed E-state index contributed by atoms with van der Waals surface area (Å²) in [6.07, 6.45) is 0. The quantitative estimate of drug-likeness (QED) is 0.822. The van der Waals surface area contributed by atoms with Crippen molar-refractivity contribution in [1.82, 2.24) is 0 Å². The maximum absolute atomic E-state index is 5.23. The zero-order valence-electron chi connectivity index (χ0n) is 11.5. The highest BCUT2D eigenvalue weighted by Gasteiger charge is 2.12. The SMILES string of the molecule is COCC(Nc1ccc(N(C)C)cc1)C(C)C. The lowest BCUT2D eigenvalue weighted by molar-refractivity contribution is 0.171. The van der Waals surface area contributed by atoms with Crippen LogP contribution in [0.25, 0.3) is 0 Å². The largest absolute Gasteiger partial charge is 0.383 e. The molecule has 1 atom stereocenters. The Kier molecular flexibility index (Phi) is 5.29. The van der Waals surface area contributed by atoms with Gasteiger partial charge in [0.2, 0.25) is 0 Å². The standard InChI is InChI=1S/C14H24N2O/c1-11(2)14(10-17-5)15-12-6-8-13(9-7-12)16(3)4/h6-9,11,14-15H,10H2,1-5H3. The van der Waals surface area contributed by atoms with Crippen molar-refractivity contribution < 1.29 is 4.74 Å². The molecule has 17 heavy (non-hydrogen) atoms. The van der Waals surface area contributed by atoms with Crippen LogP contribution in [-0.2, 0) is 4.74 Å². The molecule has 0 fully saturated rings. The van der Waals surface area contributed by atoms with E-state index in [0.29, 0.717) is 12.0 Å². The highest BCUT2D eigenvalue weighted by molar-refractivity contribution is 5.54. The van der Waals surface area contributed by atoms with Crippen molar-refractivity contribution in [3.8, 4) is 0 Å². The molecule has 0 aliphatic carbocycles. The second-order valence-electron chi connectivity index (χ2n) is 4.89. The van der Waals surface area contributed by atoms with Gasteiger partial charge < -0.3 is 15.0 Å². The first-order valence-corrected chi connectivity index (χ1v) is 6.07. The lowest BCUT2D eigenvalue weighted by Gasteiger charge is -2.23. The average Bonchev–Trinajstić information content (AvgIpc) is 2.29. The van der Waals surface area contributed by atoms with E-state index < -0.39 is 0 Å². The van der Waals surface area contributed by atoms with Crippen LogP contribution < -0.4 is 10.2 Å². The van der Waals surface area contributed by atoms with Gasteiger partial charge in [-0.3, -0.25) is 0 Å². The Morgan fingerprint density at radius 3 is 2.18 bits per heavy atom. The van der Waals surface area contributed by atoms with Gasteiger partial charge in [-0.25, -0.2) is 0 Å². The zero-order valence-corrected chi connectivity index (χ0v) is 11.5. The minimum absolute atomic E-state index is 0.352. The lowest BCUT2D eigenvalue weighted by Crippen LogP contribution is -2.30. The molecular weight excluding hydrogens is 212 g/mol. The number of hydrogen-bond donors (Lipinski definition) is 1. The number of ether oxygens (including phenoxy) is 1. The van der Waals surface area contributed by atoms with Crippen molar-refractivity contribution in [2.45, 2.75) is 19.9 Å². The summed E-state index contributed by atoms with van der Waals surface area (Å²) in [5, 5.41) is 3.50. The molecule has 96 valence electrons. The molecule has 1 unspecified atom stereocenters. The van der Waals surface area contributed by atoms with Crippen LogP contribution in [0.1, 0.15) is 13.8 Å². The number of methoxy groups -OCH3 is 1. The van der Waals surface area contributed by atoms with E-state index in [9.17, 15) is 0 Å². The topological polar surface area (TPSA) is 24.5 Å². The summed E-state index contributed by atoms with van der Waals surface area (Å²) >= 11 is 0. The Hall–Kier alpha value is -1.22. The van der Waals surface area contributed by atoms with Gasteiger partial charge in [0, 0.05) is 32.6 Å². The molecule has 0 aromatic heterocycles. The molecule has 1 rings (SSSR count). The van der Waals surface area contributed by atoms with Crippen molar-refractivity contribution in [1.29, 1.82) is 0 Å². The van der Waals surface area contributed by atoms with Crippen LogP contribution in [-0.4, -0.2) is 33.9 Å². The first-order valence-electron chi connectivity index (χ1n) is 6.07. The summed E-state index contributed by atoms with van der Waals surface area (Å²) in [5.74, 6) is 0.545. The molecule has 0 heterocycles. The van der Waals surface area contributed by atoms with Gasteiger partial charge in [-0.05, 0) is 30.2 Å². The van der Waals surface area contributed by atoms with E-state index in [4.69, 9.17) is 4.74 Å². The van der Waals surface area contributed by atoms with E-state index in [1.54, 1.807) is 7.11 Å². The number of hydrogen-bond acceptors (Lipinski definition) is 3. The number of nitrogens with zero attached hydrogens (tertiary/aromatic N) is 1. The van der Waals surface area contributed by atoms with Crippen LogP contribution in [0.3, 0.4) is 0 Å². The molecule has 1 aromatic carbocycles. The highest BCUT2D eigenvalue weighted by atomic mass is 16.5. The van der Waals surface area contributed by atoms with Gasteiger partial charge in [0.25, 0.3) is 0 Å². The Labute approximate surface area is 105 Å². The van der Waals surface area contributed by atoms with Crippen molar-refractivity contribution in [2.24, 2.45) is 5.92 Å². The molecule has 0 aliphatic rings. The van der Waals surface area contributed by atoms with Crippen molar-refractivity contribution in [3.05, 3.63) is 24.3 Å². The predicted octanol–water partition coefficient (Wildman–Crippen LogP) is 2.84. The molecule has 0 saturated heterocycles. The molecule has 0 aliphatic heterocycles. The molecule has 0 spiro atoms. The van der Waals surface area contributed by atoms with Crippen LogP contribution in [0.15, 0.2) is 24.3 Å². The van der Waals surface area contributed by atoms with Crippen LogP contribution in [0.5, 0.6) is 0 Å². The first-order chi connectivity index (χ1) is 8.04. The fourth-order valence-corrected chi connectivity index (χ4v) is 1.65. The van der Waals surface area contributed by atoms with E-state index in [-0.39, 0.29) is 0 Å². The molecule has 3 heteroatoms. The molecule has 0 radical (unpaired) electrons. The summed E-state index contributed by atoms with van der Waals surface area (Å²) in [4.78, 5) is 2.10. The maximum Gasteiger partial charge on any atom is 0.0666 e. The minimum Gasteiger partial charge on any atom is -0.383 e. The van der Waals surface area contributed by atoms with Crippen molar-refractivity contribution in [2.75, 3.05) is 38.0 Å². The third-order valence-corrected chi connectivity index (χ3v) is 2.89. The fraction of sp³-hybridized carbons (Fsp3) is 0.571. The lowest BCUT2D eigenvalue weighted by atomic mass is 10.1. The van der Waals surface area contributed by atoms with E-state index >= 15 is 0 Å². The molecule has 0 saturated carbocycles. The predicted molar refractivity (Wildman–Crippen MR) is 74.9 cm³/mol. The third-order valence-electron chi connectivity index (χ3n) is 2.89. The van der Waals surface area contributed by atoms with Crippen LogP contribution in [0.2, 0.25) is 0 Å². The van der Waals surface area contributed by atoms with Crippen molar-refractivity contribution in [3.63, 3.8) is 0 Å². The molecule has 1 aromatic rings. The summed E-state index contributed by atoms with van der Waals surface area (Å²) in [5.41, 5.74) is 2.36. The average molecular weight is 236 g/mol. The summed E-state index contributed by atoms with van der Waals surface area (Å²) in [6, 6.07) is 8.81. The molecular formula is C14H24N2O. The van der Waals surface area contributed by atoms with Gasteiger partial charge in [0.1, 0.15) is 0 Å². The smallest absolute Gasteiger partial charge is 0.0666 e. The summed E-state index contributed by atoms with van der Waals surface area (Å²) in [6.45, 7) is 5.13. The normalized spacial score (nSPS) is 12.6. The second kappa shape index (κ2) is 6.50. The van der Waals surface area contributed by atoms with Gasteiger partial charge in [0.15, 0.2) is 0 Å². The van der Waals surface area contributed by atoms with Crippen LogP contribution in [0, 0.1) is 5.92 Å². The first kappa shape index (κ1) is 13.8. The third kappa shape index (κ3) is 4.27. The number of rotatable bonds is 6. The van der Waals surface area contributed by atoms with Crippen LogP contribution in [0.4, 0.5) is 11.4 Å². The van der Waals surface area contributed by atoms with E-state index in [1.165, 1.54) is 5.69 Å². The van der Waals surface area contributed by atoms with Gasteiger partial charge in [0.05, 0.1) is 12.6 Å². The maximum atomic E-state index is 5.23. The van der Waals surface area contributed by atoms with Gasteiger partial charge in [-0.2, -0.15) is 0 Å². The Morgan fingerprint density at radius 2 is 1.76 bits per heavy atom. The van der Waals surface area contributed by atoms with Gasteiger partial charge in [-0.1, -0.05) is 13.8 Å². The number of benzene rings is 1. The summed E-state index contributed by atoms with van der Waals surface area (Å²) < 4.78 is 5.23. The van der Waals surface area contributed by atoms with Crippen molar-refractivity contribution >= 4 is 11.4 Å². The molecule has 1 N–H and O–H groups in total. The van der Waals surface area contributed by atoms with E-state index in [2.05, 4.69) is 48.3 Å².